The zero-order valence-electron chi connectivity index (χ0n) is 12.3. The van der Waals surface area contributed by atoms with E-state index in [4.69, 9.17) is 4.52 Å². The van der Waals surface area contributed by atoms with Crippen molar-refractivity contribution in [2.75, 3.05) is 13.1 Å². The molecule has 0 spiro atoms. The second-order valence-corrected chi connectivity index (χ2v) is 5.55. The lowest BCUT2D eigenvalue weighted by Crippen LogP contribution is -2.24. The standard InChI is InChI=1S/C16H20FN3O/c1-2-9-20-10-3-4-14(20)16-18-15(19-21-16)11-12-5-7-13(17)8-6-12/h5-8,14H,2-4,9-11H2,1H3. The van der Waals surface area contributed by atoms with Crippen LogP contribution in [0, 0.1) is 5.82 Å². The van der Waals surface area contributed by atoms with Crippen LogP contribution in [-0.2, 0) is 6.42 Å². The largest absolute Gasteiger partial charge is 0.338 e. The third-order valence-electron chi connectivity index (χ3n) is 3.92. The van der Waals surface area contributed by atoms with Crippen LogP contribution < -0.4 is 0 Å². The summed E-state index contributed by atoms with van der Waals surface area (Å²) in [5.41, 5.74) is 0.987. The second-order valence-electron chi connectivity index (χ2n) is 5.55. The van der Waals surface area contributed by atoms with Crippen LogP contribution in [0.25, 0.3) is 0 Å². The van der Waals surface area contributed by atoms with Crippen molar-refractivity contribution < 1.29 is 8.91 Å². The lowest BCUT2D eigenvalue weighted by atomic mass is 10.1. The van der Waals surface area contributed by atoms with Crippen LogP contribution in [0.15, 0.2) is 28.8 Å². The predicted octanol–water partition coefficient (Wildman–Crippen LogP) is 3.35. The number of likely N-dealkylation sites (tertiary alicyclic amines) is 1. The van der Waals surface area contributed by atoms with Crippen LogP contribution in [0.4, 0.5) is 4.39 Å². The maximum atomic E-state index is 12.9. The Morgan fingerprint density at radius 3 is 2.90 bits per heavy atom. The summed E-state index contributed by atoms with van der Waals surface area (Å²) < 4.78 is 18.3. The highest BCUT2D eigenvalue weighted by Crippen LogP contribution is 2.30. The molecule has 0 N–H and O–H groups in total. The molecule has 112 valence electrons. The van der Waals surface area contributed by atoms with Crippen molar-refractivity contribution in [3.63, 3.8) is 0 Å². The first-order valence-electron chi connectivity index (χ1n) is 7.57. The van der Waals surface area contributed by atoms with E-state index in [9.17, 15) is 4.39 Å². The van der Waals surface area contributed by atoms with Gasteiger partial charge in [-0.25, -0.2) is 4.39 Å². The molecule has 1 atom stereocenters. The van der Waals surface area contributed by atoms with E-state index < -0.39 is 0 Å². The van der Waals surface area contributed by atoms with Gasteiger partial charge in [0.2, 0.25) is 5.89 Å². The van der Waals surface area contributed by atoms with Crippen LogP contribution in [-0.4, -0.2) is 28.1 Å². The SMILES string of the molecule is CCCN1CCCC1c1nc(Cc2ccc(F)cc2)no1. The fourth-order valence-electron chi connectivity index (χ4n) is 2.92. The monoisotopic (exact) mass is 289 g/mol. The Morgan fingerprint density at radius 2 is 2.14 bits per heavy atom. The molecule has 5 heteroatoms. The molecule has 1 aromatic heterocycles. The van der Waals surface area contributed by atoms with E-state index in [0.29, 0.717) is 12.2 Å². The van der Waals surface area contributed by atoms with Gasteiger partial charge in [0, 0.05) is 6.42 Å². The first-order valence-corrected chi connectivity index (χ1v) is 7.57. The van der Waals surface area contributed by atoms with E-state index in [-0.39, 0.29) is 11.9 Å². The normalized spacial score (nSPS) is 19.2. The minimum absolute atomic E-state index is 0.228. The van der Waals surface area contributed by atoms with Gasteiger partial charge in [0.1, 0.15) is 5.82 Å². The number of halogens is 1. The van der Waals surface area contributed by atoms with Crippen LogP contribution in [0.2, 0.25) is 0 Å². The molecule has 2 heterocycles. The minimum Gasteiger partial charge on any atom is -0.338 e. The van der Waals surface area contributed by atoms with Gasteiger partial charge < -0.3 is 4.52 Å². The Kier molecular flexibility index (Phi) is 4.29. The Hall–Kier alpha value is -1.75. The molecule has 2 aromatic rings. The second kappa shape index (κ2) is 6.35. The summed E-state index contributed by atoms with van der Waals surface area (Å²) >= 11 is 0. The topological polar surface area (TPSA) is 42.2 Å². The van der Waals surface area contributed by atoms with Gasteiger partial charge in [-0.3, -0.25) is 4.90 Å². The zero-order chi connectivity index (χ0) is 14.7. The van der Waals surface area contributed by atoms with E-state index in [1.54, 1.807) is 12.1 Å². The summed E-state index contributed by atoms with van der Waals surface area (Å²) in [6.45, 7) is 4.36. The molecular weight excluding hydrogens is 269 g/mol. The first-order chi connectivity index (χ1) is 10.3. The first kappa shape index (κ1) is 14.2. The average Bonchev–Trinajstić information content (AvgIpc) is 3.11. The number of hydrogen-bond donors (Lipinski definition) is 0. The number of benzene rings is 1. The molecule has 21 heavy (non-hydrogen) atoms. The van der Waals surface area contributed by atoms with Gasteiger partial charge in [-0.2, -0.15) is 4.98 Å². The molecule has 3 rings (SSSR count). The summed E-state index contributed by atoms with van der Waals surface area (Å²) in [6, 6.07) is 6.68. The van der Waals surface area contributed by atoms with Gasteiger partial charge in [-0.1, -0.05) is 24.2 Å². The predicted molar refractivity (Wildman–Crippen MR) is 77.3 cm³/mol. The van der Waals surface area contributed by atoms with Crippen LogP contribution in [0.5, 0.6) is 0 Å². The Bertz CT molecular complexity index is 581. The van der Waals surface area contributed by atoms with Crippen LogP contribution in [0.3, 0.4) is 0 Å². The van der Waals surface area contributed by atoms with Crippen LogP contribution >= 0.6 is 0 Å². The summed E-state index contributed by atoms with van der Waals surface area (Å²) in [4.78, 5) is 6.94. The molecule has 1 fully saturated rings. The minimum atomic E-state index is -0.228. The summed E-state index contributed by atoms with van der Waals surface area (Å²) in [5, 5.41) is 4.07. The fraction of sp³-hybridized carbons (Fsp3) is 0.500. The summed E-state index contributed by atoms with van der Waals surface area (Å²) in [6.07, 6.45) is 3.97. The highest BCUT2D eigenvalue weighted by molar-refractivity contribution is 5.19. The summed E-state index contributed by atoms with van der Waals surface area (Å²) in [5.74, 6) is 1.16. The van der Waals surface area contributed by atoms with E-state index >= 15 is 0 Å². The fourth-order valence-corrected chi connectivity index (χ4v) is 2.92. The zero-order valence-corrected chi connectivity index (χ0v) is 12.3. The quantitative estimate of drug-likeness (QED) is 0.846. The van der Waals surface area contributed by atoms with E-state index in [0.717, 1.165) is 37.4 Å². The molecule has 4 nitrogen and oxygen atoms in total. The molecule has 0 bridgehead atoms. The third-order valence-corrected chi connectivity index (χ3v) is 3.92. The molecule has 1 saturated heterocycles. The highest BCUT2D eigenvalue weighted by Gasteiger charge is 2.29. The van der Waals surface area contributed by atoms with Gasteiger partial charge in [-0.15, -0.1) is 0 Å². The van der Waals surface area contributed by atoms with Crippen molar-refractivity contribution in [2.45, 2.75) is 38.6 Å². The molecular formula is C16H20FN3O. The molecule has 0 aliphatic carbocycles. The van der Waals surface area contributed by atoms with Crippen molar-refractivity contribution >= 4 is 0 Å². The van der Waals surface area contributed by atoms with Gasteiger partial charge >= 0.3 is 0 Å². The van der Waals surface area contributed by atoms with Gasteiger partial charge in [0.25, 0.3) is 0 Å². The molecule has 1 unspecified atom stereocenters. The smallest absolute Gasteiger partial charge is 0.244 e. The van der Waals surface area contributed by atoms with E-state index in [1.165, 1.54) is 18.6 Å². The average molecular weight is 289 g/mol. The lowest BCUT2D eigenvalue weighted by Gasteiger charge is -2.20. The molecule has 1 aliphatic rings. The van der Waals surface area contributed by atoms with Crippen molar-refractivity contribution in [3.8, 4) is 0 Å². The maximum absolute atomic E-state index is 12.9. The van der Waals surface area contributed by atoms with Crippen molar-refractivity contribution in [3.05, 3.63) is 47.4 Å². The van der Waals surface area contributed by atoms with Crippen molar-refractivity contribution in [1.29, 1.82) is 0 Å². The molecule has 1 aliphatic heterocycles. The van der Waals surface area contributed by atoms with Crippen LogP contribution in [0.1, 0.15) is 49.5 Å². The molecule has 0 radical (unpaired) electrons. The molecule has 1 aromatic carbocycles. The maximum Gasteiger partial charge on any atom is 0.244 e. The number of aromatic nitrogens is 2. The third kappa shape index (κ3) is 3.29. The van der Waals surface area contributed by atoms with E-state index in [1.807, 2.05) is 0 Å². The van der Waals surface area contributed by atoms with Gasteiger partial charge in [0.15, 0.2) is 5.82 Å². The van der Waals surface area contributed by atoms with Gasteiger partial charge in [0.05, 0.1) is 6.04 Å². The van der Waals surface area contributed by atoms with Gasteiger partial charge in [-0.05, 0) is 50.0 Å². The molecule has 0 saturated carbocycles. The Morgan fingerprint density at radius 1 is 1.33 bits per heavy atom. The lowest BCUT2D eigenvalue weighted by molar-refractivity contribution is 0.208. The Balaban J connectivity index is 1.69. The number of rotatable bonds is 5. The number of nitrogens with zero attached hydrogens (tertiary/aromatic N) is 3. The van der Waals surface area contributed by atoms with Crippen molar-refractivity contribution in [1.82, 2.24) is 15.0 Å². The summed E-state index contributed by atoms with van der Waals surface area (Å²) in [7, 11) is 0. The highest BCUT2D eigenvalue weighted by atomic mass is 19.1. The molecule has 0 amide bonds. The number of hydrogen-bond acceptors (Lipinski definition) is 4. The van der Waals surface area contributed by atoms with E-state index in [2.05, 4.69) is 22.0 Å². The Labute approximate surface area is 124 Å². The van der Waals surface area contributed by atoms with Crippen molar-refractivity contribution in [2.24, 2.45) is 0 Å².